The fourth-order valence-electron chi connectivity index (χ4n) is 4.41. The van der Waals surface area contributed by atoms with Crippen molar-refractivity contribution in [3.8, 4) is 5.75 Å². The van der Waals surface area contributed by atoms with Crippen LogP contribution in [-0.4, -0.2) is 49.3 Å². The van der Waals surface area contributed by atoms with Gasteiger partial charge in [0, 0.05) is 29.6 Å². The molecule has 0 fully saturated rings. The minimum absolute atomic E-state index is 0.0807. The van der Waals surface area contributed by atoms with E-state index in [1.54, 1.807) is 6.92 Å². The Labute approximate surface area is 215 Å². The molecule has 4 aromatic rings. The fraction of sp³-hybridized carbons (Fsp3) is 0.370. The van der Waals surface area contributed by atoms with E-state index in [0.29, 0.717) is 37.5 Å². The number of aromatic amines is 1. The van der Waals surface area contributed by atoms with Crippen LogP contribution >= 0.6 is 0 Å². The number of benzene rings is 2. The van der Waals surface area contributed by atoms with Crippen molar-refractivity contribution >= 4 is 16.9 Å². The van der Waals surface area contributed by atoms with Gasteiger partial charge in [0.15, 0.2) is 5.82 Å². The zero-order valence-corrected chi connectivity index (χ0v) is 21.4. The number of carbonyl (C=O) groups is 1. The summed E-state index contributed by atoms with van der Waals surface area (Å²) in [5.74, 6) is 0.887. The van der Waals surface area contributed by atoms with Gasteiger partial charge in [-0.05, 0) is 60.5 Å². The van der Waals surface area contributed by atoms with Gasteiger partial charge in [0.2, 0.25) is 0 Å². The van der Waals surface area contributed by atoms with E-state index >= 15 is 0 Å². The Bertz CT molecular complexity index is 1380. The van der Waals surface area contributed by atoms with Gasteiger partial charge in [0.25, 0.3) is 5.56 Å². The molecule has 37 heavy (non-hydrogen) atoms. The first-order valence-corrected chi connectivity index (χ1v) is 12.5. The molecule has 1 N–H and O–H groups in total. The van der Waals surface area contributed by atoms with Gasteiger partial charge in [-0.15, -0.1) is 5.10 Å². The highest BCUT2D eigenvalue weighted by Crippen LogP contribution is 2.27. The van der Waals surface area contributed by atoms with Crippen LogP contribution in [0.1, 0.15) is 50.2 Å². The summed E-state index contributed by atoms with van der Waals surface area (Å²) in [6.45, 7) is 7.39. The number of esters is 1. The number of hydrogen-bond acceptors (Lipinski definition) is 8. The van der Waals surface area contributed by atoms with Gasteiger partial charge in [0.05, 0.1) is 19.3 Å². The lowest BCUT2D eigenvalue weighted by atomic mass is 10.1. The summed E-state index contributed by atoms with van der Waals surface area (Å²) in [6, 6.07) is 17.3. The maximum atomic E-state index is 13.1. The predicted octanol–water partition coefficient (Wildman–Crippen LogP) is 3.63. The van der Waals surface area contributed by atoms with E-state index < -0.39 is 5.97 Å². The lowest BCUT2D eigenvalue weighted by Crippen LogP contribution is -2.33. The number of rotatable bonds is 12. The Morgan fingerprint density at radius 2 is 1.86 bits per heavy atom. The molecule has 0 spiro atoms. The number of tetrazole rings is 1. The van der Waals surface area contributed by atoms with Crippen LogP contribution in [0.3, 0.4) is 0 Å². The second-order valence-electron chi connectivity index (χ2n) is 8.62. The smallest absolute Gasteiger partial charge is 0.327 e. The number of hydrogen-bond donors (Lipinski definition) is 1. The van der Waals surface area contributed by atoms with Crippen molar-refractivity contribution in [2.75, 3.05) is 13.2 Å². The van der Waals surface area contributed by atoms with Gasteiger partial charge in [0.1, 0.15) is 12.3 Å². The summed E-state index contributed by atoms with van der Waals surface area (Å²) in [7, 11) is 0. The Kier molecular flexibility index (Phi) is 8.63. The molecule has 2 heterocycles. The molecule has 4 rings (SSSR count). The number of fused-ring (bicyclic) bond motifs is 1. The molecule has 2 aromatic carbocycles. The summed E-state index contributed by atoms with van der Waals surface area (Å²) >= 11 is 0. The number of H-pyrrole nitrogens is 1. The Morgan fingerprint density at radius 3 is 2.59 bits per heavy atom. The molecule has 0 bridgehead atoms. The molecule has 0 unspecified atom stereocenters. The quantitative estimate of drug-likeness (QED) is 0.291. The topological polar surface area (TPSA) is 115 Å². The molecule has 2 aromatic heterocycles. The van der Waals surface area contributed by atoms with Crippen LogP contribution in [0, 0.1) is 0 Å². The van der Waals surface area contributed by atoms with E-state index in [2.05, 4.69) is 25.4 Å². The van der Waals surface area contributed by atoms with E-state index in [0.717, 1.165) is 22.2 Å². The van der Waals surface area contributed by atoms with Gasteiger partial charge >= 0.3 is 5.97 Å². The molecule has 194 valence electrons. The van der Waals surface area contributed by atoms with Crippen LogP contribution in [0.2, 0.25) is 0 Å². The molecule has 1 atom stereocenters. The van der Waals surface area contributed by atoms with Crippen LogP contribution in [0.15, 0.2) is 59.4 Å². The summed E-state index contributed by atoms with van der Waals surface area (Å²) in [4.78, 5) is 30.4. The minimum atomic E-state index is -0.406. The molecular weight excluding hydrogens is 472 g/mol. The number of carbonyl (C=O) groups excluding carboxylic acids is 1. The first kappa shape index (κ1) is 26.0. The molecule has 0 saturated heterocycles. The van der Waals surface area contributed by atoms with Gasteiger partial charge in [-0.25, -0.2) is 4.68 Å². The molecular formula is C27H32N6O4. The average Bonchev–Trinajstić information content (AvgIpc) is 3.33. The highest BCUT2D eigenvalue weighted by molar-refractivity contribution is 5.80. The third kappa shape index (κ3) is 6.39. The molecule has 0 aliphatic carbocycles. The normalized spacial score (nSPS) is 12.1. The summed E-state index contributed by atoms with van der Waals surface area (Å²) < 4.78 is 12.2. The van der Waals surface area contributed by atoms with Crippen LogP contribution < -0.4 is 10.3 Å². The lowest BCUT2D eigenvalue weighted by molar-refractivity contribution is -0.144. The van der Waals surface area contributed by atoms with E-state index in [1.807, 2.05) is 68.4 Å². The van der Waals surface area contributed by atoms with Crippen molar-refractivity contribution in [2.24, 2.45) is 0 Å². The van der Waals surface area contributed by atoms with Crippen molar-refractivity contribution in [1.82, 2.24) is 30.1 Å². The van der Waals surface area contributed by atoms with Crippen LogP contribution in [0.5, 0.6) is 5.75 Å². The van der Waals surface area contributed by atoms with E-state index in [-0.39, 0.29) is 24.8 Å². The standard InChI is InChI=1S/C27H32N6O4/c1-4-24(26-29-30-31-33(26)18-25(34)37-6-3)32(16-19-10-8-7-9-11-19)17-21-14-20-15-22(36-5-2)12-13-23(20)28-27(21)35/h7-15,24H,4-6,16-18H2,1-3H3,(H,28,35)/t24-/m0/s1. The predicted molar refractivity (Wildman–Crippen MR) is 139 cm³/mol. The van der Waals surface area contributed by atoms with E-state index in [9.17, 15) is 9.59 Å². The highest BCUT2D eigenvalue weighted by atomic mass is 16.5. The Balaban J connectivity index is 1.71. The van der Waals surface area contributed by atoms with E-state index in [4.69, 9.17) is 9.47 Å². The number of pyridine rings is 1. The van der Waals surface area contributed by atoms with Gasteiger partial charge in [-0.2, -0.15) is 0 Å². The second-order valence-corrected chi connectivity index (χ2v) is 8.62. The lowest BCUT2D eigenvalue weighted by Gasteiger charge is -2.30. The molecule has 0 aliphatic heterocycles. The van der Waals surface area contributed by atoms with Crippen molar-refractivity contribution in [1.29, 1.82) is 0 Å². The second kappa shape index (κ2) is 12.3. The van der Waals surface area contributed by atoms with Gasteiger partial charge < -0.3 is 14.5 Å². The number of nitrogens with zero attached hydrogens (tertiary/aromatic N) is 5. The maximum absolute atomic E-state index is 13.1. The first-order valence-electron chi connectivity index (χ1n) is 12.5. The molecule has 0 saturated carbocycles. The monoisotopic (exact) mass is 504 g/mol. The van der Waals surface area contributed by atoms with Crippen LogP contribution in [0.25, 0.3) is 10.9 Å². The zero-order chi connectivity index (χ0) is 26.2. The third-order valence-corrected chi connectivity index (χ3v) is 6.07. The number of nitrogens with one attached hydrogen (secondary N) is 1. The largest absolute Gasteiger partial charge is 0.494 e. The van der Waals surface area contributed by atoms with Crippen LogP contribution in [0.4, 0.5) is 0 Å². The fourth-order valence-corrected chi connectivity index (χ4v) is 4.41. The Morgan fingerprint density at radius 1 is 1.05 bits per heavy atom. The summed E-state index contributed by atoms with van der Waals surface area (Å²) in [5, 5.41) is 13.0. The van der Waals surface area contributed by atoms with Gasteiger partial charge in [-0.1, -0.05) is 37.3 Å². The molecule has 0 radical (unpaired) electrons. The molecule has 10 nitrogen and oxygen atoms in total. The highest BCUT2D eigenvalue weighted by Gasteiger charge is 2.27. The van der Waals surface area contributed by atoms with Crippen molar-refractivity contribution < 1.29 is 14.3 Å². The maximum Gasteiger partial charge on any atom is 0.327 e. The average molecular weight is 505 g/mol. The summed E-state index contributed by atoms with van der Waals surface area (Å²) in [6.07, 6.45) is 0.663. The van der Waals surface area contributed by atoms with E-state index in [1.165, 1.54) is 4.68 Å². The van der Waals surface area contributed by atoms with Crippen molar-refractivity contribution in [2.45, 2.75) is 52.9 Å². The van der Waals surface area contributed by atoms with Gasteiger partial charge in [-0.3, -0.25) is 14.5 Å². The molecule has 10 heteroatoms. The molecule has 0 aliphatic rings. The molecule has 0 amide bonds. The number of aromatic nitrogens is 5. The zero-order valence-electron chi connectivity index (χ0n) is 21.4. The van der Waals surface area contributed by atoms with Crippen molar-refractivity contribution in [3.63, 3.8) is 0 Å². The first-order chi connectivity index (χ1) is 18.0. The van der Waals surface area contributed by atoms with Crippen LogP contribution in [-0.2, 0) is 29.2 Å². The third-order valence-electron chi connectivity index (χ3n) is 6.07. The number of ether oxygens (including phenoxy) is 2. The minimum Gasteiger partial charge on any atom is -0.494 e. The Hall–Kier alpha value is -4.05. The summed E-state index contributed by atoms with van der Waals surface area (Å²) in [5.41, 5.74) is 2.29. The SMILES string of the molecule is CCOC(=O)Cn1nnnc1[C@H](CC)N(Cc1ccccc1)Cc1cc2cc(OCC)ccc2[nH]c1=O. The van der Waals surface area contributed by atoms with Crippen molar-refractivity contribution in [3.05, 3.63) is 81.9 Å².